The molecular formula is C21H13FN2O4S. The van der Waals surface area contributed by atoms with Crippen molar-refractivity contribution in [2.45, 2.75) is 0 Å². The van der Waals surface area contributed by atoms with Crippen molar-refractivity contribution >= 4 is 40.9 Å². The minimum atomic E-state index is -0.562. The van der Waals surface area contributed by atoms with E-state index >= 15 is 0 Å². The molecule has 1 N–H and O–H groups in total. The molecule has 2 aromatic carbocycles. The van der Waals surface area contributed by atoms with Crippen LogP contribution in [0.4, 0.5) is 10.1 Å². The SMILES string of the molecule is O=C1NN(c2ccc(F)cc2)C(=O)/C1=C\c1ccc(OC(=O)c2cccs2)cc1. The van der Waals surface area contributed by atoms with E-state index in [0.29, 0.717) is 21.9 Å². The molecule has 0 radical (unpaired) electrons. The molecule has 0 aliphatic carbocycles. The molecule has 3 aromatic rings. The van der Waals surface area contributed by atoms with Gasteiger partial charge in [0.25, 0.3) is 11.8 Å². The minimum Gasteiger partial charge on any atom is -0.422 e. The molecule has 4 rings (SSSR count). The van der Waals surface area contributed by atoms with Crippen LogP contribution in [0, 0.1) is 5.82 Å². The molecule has 1 saturated heterocycles. The number of carbonyl (C=O) groups is 3. The van der Waals surface area contributed by atoms with E-state index in [4.69, 9.17) is 4.74 Å². The highest BCUT2D eigenvalue weighted by atomic mass is 32.1. The summed E-state index contributed by atoms with van der Waals surface area (Å²) in [6, 6.07) is 15.0. The molecule has 144 valence electrons. The second kappa shape index (κ2) is 7.69. The van der Waals surface area contributed by atoms with E-state index in [-0.39, 0.29) is 5.57 Å². The van der Waals surface area contributed by atoms with Gasteiger partial charge in [-0.05, 0) is 59.5 Å². The van der Waals surface area contributed by atoms with Crippen LogP contribution in [0.5, 0.6) is 5.75 Å². The van der Waals surface area contributed by atoms with Crippen LogP contribution in [0.1, 0.15) is 15.2 Å². The predicted octanol–water partition coefficient (Wildman–Crippen LogP) is 3.57. The van der Waals surface area contributed by atoms with Gasteiger partial charge >= 0.3 is 5.97 Å². The summed E-state index contributed by atoms with van der Waals surface area (Å²) in [4.78, 5) is 37.2. The Kier molecular flexibility index (Phi) is 4.92. The molecule has 29 heavy (non-hydrogen) atoms. The van der Waals surface area contributed by atoms with Crippen LogP contribution in [-0.2, 0) is 9.59 Å². The van der Waals surface area contributed by atoms with E-state index < -0.39 is 23.6 Å². The lowest BCUT2D eigenvalue weighted by Gasteiger charge is -2.14. The number of carbonyl (C=O) groups excluding carboxylic acids is 3. The van der Waals surface area contributed by atoms with E-state index in [1.54, 1.807) is 41.8 Å². The molecule has 0 unspecified atom stereocenters. The molecule has 0 spiro atoms. The highest BCUT2D eigenvalue weighted by molar-refractivity contribution is 7.12. The van der Waals surface area contributed by atoms with Crippen molar-refractivity contribution in [3.63, 3.8) is 0 Å². The van der Waals surface area contributed by atoms with Crippen LogP contribution in [-0.4, -0.2) is 17.8 Å². The lowest BCUT2D eigenvalue weighted by atomic mass is 10.1. The summed E-state index contributed by atoms with van der Waals surface area (Å²) in [7, 11) is 0. The number of hydrogen-bond acceptors (Lipinski definition) is 5. The Morgan fingerprint density at radius 1 is 1.03 bits per heavy atom. The second-order valence-corrected chi connectivity index (χ2v) is 7.00. The van der Waals surface area contributed by atoms with E-state index in [1.165, 1.54) is 41.7 Å². The Labute approximate surface area is 168 Å². The summed E-state index contributed by atoms with van der Waals surface area (Å²) in [6.07, 6.45) is 1.44. The molecule has 8 heteroatoms. The van der Waals surface area contributed by atoms with Crippen LogP contribution in [0.2, 0.25) is 0 Å². The molecule has 2 amide bonds. The van der Waals surface area contributed by atoms with Gasteiger partial charge in [-0.1, -0.05) is 18.2 Å². The maximum atomic E-state index is 13.1. The number of anilines is 1. The Morgan fingerprint density at radius 3 is 2.41 bits per heavy atom. The number of halogens is 1. The Hall–Kier alpha value is -3.78. The first-order valence-electron chi connectivity index (χ1n) is 8.50. The highest BCUT2D eigenvalue weighted by Crippen LogP contribution is 2.23. The van der Waals surface area contributed by atoms with Crippen molar-refractivity contribution in [3.05, 3.63) is 87.9 Å². The van der Waals surface area contributed by atoms with Crippen molar-refractivity contribution in [1.29, 1.82) is 0 Å². The van der Waals surface area contributed by atoms with Gasteiger partial charge < -0.3 is 4.74 Å². The monoisotopic (exact) mass is 408 g/mol. The number of nitrogens with one attached hydrogen (secondary N) is 1. The van der Waals surface area contributed by atoms with Crippen molar-refractivity contribution < 1.29 is 23.5 Å². The van der Waals surface area contributed by atoms with Crippen LogP contribution in [0.15, 0.2) is 71.6 Å². The lowest BCUT2D eigenvalue weighted by Crippen LogP contribution is -2.35. The predicted molar refractivity (Wildman–Crippen MR) is 106 cm³/mol. The van der Waals surface area contributed by atoms with Crippen molar-refractivity contribution in [1.82, 2.24) is 5.43 Å². The van der Waals surface area contributed by atoms with Gasteiger partial charge in [0.1, 0.15) is 22.0 Å². The number of nitrogens with zero attached hydrogens (tertiary/aromatic N) is 1. The van der Waals surface area contributed by atoms with Gasteiger partial charge in [-0.15, -0.1) is 11.3 Å². The molecule has 1 aromatic heterocycles. The molecule has 1 fully saturated rings. The lowest BCUT2D eigenvalue weighted by molar-refractivity contribution is -0.117. The van der Waals surface area contributed by atoms with Crippen LogP contribution >= 0.6 is 11.3 Å². The second-order valence-electron chi connectivity index (χ2n) is 6.05. The average Bonchev–Trinajstić information content (AvgIpc) is 3.35. The number of thiophene rings is 1. The van der Waals surface area contributed by atoms with Gasteiger partial charge in [-0.2, -0.15) is 0 Å². The summed E-state index contributed by atoms with van der Waals surface area (Å²) in [5.74, 6) is -1.66. The topological polar surface area (TPSA) is 75.7 Å². The molecule has 2 heterocycles. The maximum absolute atomic E-state index is 13.1. The largest absolute Gasteiger partial charge is 0.422 e. The van der Waals surface area contributed by atoms with Crippen molar-refractivity contribution in [3.8, 4) is 5.75 Å². The number of hydrazine groups is 1. The molecule has 0 bridgehead atoms. The third-order valence-electron chi connectivity index (χ3n) is 4.10. The summed E-state index contributed by atoms with van der Waals surface area (Å²) >= 11 is 1.28. The third kappa shape index (κ3) is 3.92. The van der Waals surface area contributed by atoms with E-state index in [0.717, 1.165) is 5.01 Å². The number of benzene rings is 2. The first kappa shape index (κ1) is 18.6. The zero-order valence-corrected chi connectivity index (χ0v) is 15.6. The molecule has 1 aliphatic rings. The van der Waals surface area contributed by atoms with Gasteiger partial charge in [-0.25, -0.2) is 14.2 Å². The fourth-order valence-electron chi connectivity index (χ4n) is 2.68. The van der Waals surface area contributed by atoms with Crippen molar-refractivity contribution in [2.75, 3.05) is 5.01 Å². The normalized spacial score (nSPS) is 14.9. The smallest absolute Gasteiger partial charge is 0.353 e. The third-order valence-corrected chi connectivity index (χ3v) is 4.95. The van der Waals surface area contributed by atoms with E-state index in [9.17, 15) is 18.8 Å². The molecule has 1 aliphatic heterocycles. The van der Waals surface area contributed by atoms with Gasteiger partial charge in [0.2, 0.25) is 0 Å². The number of ether oxygens (including phenoxy) is 1. The maximum Gasteiger partial charge on any atom is 0.353 e. The highest BCUT2D eigenvalue weighted by Gasteiger charge is 2.34. The first-order chi connectivity index (χ1) is 14.0. The van der Waals surface area contributed by atoms with Gasteiger partial charge in [0, 0.05) is 0 Å². The van der Waals surface area contributed by atoms with Gasteiger partial charge in [0.05, 0.1) is 5.69 Å². The van der Waals surface area contributed by atoms with E-state index in [2.05, 4.69) is 5.43 Å². The summed E-state index contributed by atoms with van der Waals surface area (Å²) < 4.78 is 18.3. The number of rotatable bonds is 4. The van der Waals surface area contributed by atoms with Gasteiger partial charge in [0.15, 0.2) is 0 Å². The zero-order chi connectivity index (χ0) is 20.4. The standard InChI is InChI=1S/C21H13FN2O4S/c22-14-5-7-15(8-6-14)24-20(26)17(19(25)23-24)12-13-3-9-16(10-4-13)28-21(27)18-2-1-11-29-18/h1-12H,(H,23,25)/b17-12-. The zero-order valence-electron chi connectivity index (χ0n) is 14.8. The minimum absolute atomic E-state index is 0.0577. The Bertz CT molecular complexity index is 1110. The fourth-order valence-corrected chi connectivity index (χ4v) is 3.28. The average molecular weight is 408 g/mol. The Morgan fingerprint density at radius 2 is 1.76 bits per heavy atom. The van der Waals surface area contributed by atoms with Crippen LogP contribution in [0.25, 0.3) is 6.08 Å². The fraction of sp³-hybridized carbons (Fsp3) is 0. The van der Waals surface area contributed by atoms with Crippen LogP contribution in [0.3, 0.4) is 0 Å². The first-order valence-corrected chi connectivity index (χ1v) is 9.38. The molecule has 0 saturated carbocycles. The quantitative estimate of drug-likeness (QED) is 0.310. The number of esters is 1. The van der Waals surface area contributed by atoms with Crippen LogP contribution < -0.4 is 15.2 Å². The van der Waals surface area contributed by atoms with Crippen molar-refractivity contribution in [2.24, 2.45) is 0 Å². The molecule has 6 nitrogen and oxygen atoms in total. The van der Waals surface area contributed by atoms with Gasteiger partial charge in [-0.3, -0.25) is 15.0 Å². The number of amides is 2. The summed E-state index contributed by atoms with van der Waals surface area (Å²) in [5.41, 5.74) is 3.33. The summed E-state index contributed by atoms with van der Waals surface area (Å²) in [6.45, 7) is 0. The van der Waals surface area contributed by atoms with E-state index in [1.807, 2.05) is 0 Å². The summed E-state index contributed by atoms with van der Waals surface area (Å²) in [5, 5.41) is 2.84. The Balaban J connectivity index is 1.50. The molecule has 0 atom stereocenters. The molecular weight excluding hydrogens is 395 g/mol. The number of hydrogen-bond donors (Lipinski definition) is 1.